The molecule has 220 valence electrons. The number of pyridine rings is 1. The van der Waals surface area contributed by atoms with Gasteiger partial charge >= 0.3 is 6.03 Å². The number of aromatic nitrogens is 1. The quantitative estimate of drug-likeness (QED) is 0.301. The Kier molecular flexibility index (Phi) is 7.75. The highest BCUT2D eigenvalue weighted by atomic mass is 127. The summed E-state index contributed by atoms with van der Waals surface area (Å²) in [5, 5.41) is 16.0. The zero-order chi connectivity index (χ0) is 30.5. The number of allylic oxidation sites excluding steroid dienone is 3. The number of fused-ring (bicyclic) bond motifs is 1. The Morgan fingerprint density at radius 3 is 2.63 bits per heavy atom. The second-order valence-corrected chi connectivity index (χ2v) is 15.2. The Labute approximate surface area is 266 Å². The van der Waals surface area contributed by atoms with E-state index in [0.29, 0.717) is 11.1 Å². The Balaban J connectivity index is 1.32. The van der Waals surface area contributed by atoms with E-state index < -0.39 is 54.0 Å². The average molecular weight is 806 g/mol. The number of nitrogens with zero attached hydrogens (tertiary/aromatic N) is 2. The van der Waals surface area contributed by atoms with Crippen molar-refractivity contribution in [1.82, 2.24) is 20.5 Å². The van der Waals surface area contributed by atoms with Gasteiger partial charge in [0.25, 0.3) is 5.91 Å². The van der Waals surface area contributed by atoms with Crippen molar-refractivity contribution >= 4 is 71.3 Å². The van der Waals surface area contributed by atoms with Crippen molar-refractivity contribution in [2.45, 2.75) is 24.9 Å². The highest BCUT2D eigenvalue weighted by molar-refractivity contribution is 14.2. The number of hydrogen-bond acceptors (Lipinski definition) is 6. The fourth-order valence-corrected chi connectivity index (χ4v) is 10.2. The summed E-state index contributed by atoms with van der Waals surface area (Å²) in [5.41, 5.74) is 1.50. The van der Waals surface area contributed by atoms with E-state index in [2.05, 4.69) is 20.1 Å². The van der Waals surface area contributed by atoms with Crippen LogP contribution in [0.2, 0.25) is 0 Å². The maximum absolute atomic E-state index is 14.9. The molecule has 12 heteroatoms. The van der Waals surface area contributed by atoms with Crippen LogP contribution in [0.4, 0.5) is 9.18 Å². The number of urea groups is 1. The number of imide groups is 1. The lowest BCUT2D eigenvalue weighted by molar-refractivity contribution is -0.127. The summed E-state index contributed by atoms with van der Waals surface area (Å²) in [4.78, 5) is 44.7. The van der Waals surface area contributed by atoms with Crippen molar-refractivity contribution in [3.8, 4) is 5.75 Å². The zero-order valence-corrected chi connectivity index (χ0v) is 27.1. The molecule has 0 spiro atoms. The zero-order valence-electron chi connectivity index (χ0n) is 22.7. The minimum absolute atomic E-state index is 0.0281. The number of halogens is 3. The van der Waals surface area contributed by atoms with Crippen LogP contribution in [0.3, 0.4) is 0 Å². The molecule has 4 amide bonds. The number of carbonyl (C=O) groups excluding carboxylic acids is 3. The molecule has 3 aliphatic rings. The molecule has 0 radical (unpaired) electrons. The van der Waals surface area contributed by atoms with E-state index in [-0.39, 0.29) is 30.2 Å². The molecule has 3 N–H and O–H groups in total. The average Bonchev–Trinajstić information content (AvgIpc) is 3.32. The number of aliphatic hydroxyl groups is 1. The number of hydrogen-bond donors (Lipinski definition) is 3. The third-order valence-electron chi connectivity index (χ3n) is 8.00. The molecule has 43 heavy (non-hydrogen) atoms. The predicted octanol–water partition coefficient (Wildman–Crippen LogP) is 5.03. The smallest absolute Gasteiger partial charge is 0.321 e. The second-order valence-electron chi connectivity index (χ2n) is 10.4. The fourth-order valence-electron chi connectivity index (χ4n) is 5.61. The molecule has 1 fully saturated rings. The van der Waals surface area contributed by atoms with Gasteiger partial charge in [-0.1, -0.05) is 40.9 Å². The Bertz CT molecular complexity index is 1830. The first-order valence-corrected chi connectivity index (χ1v) is 17.7. The second kappa shape index (κ2) is 11.4. The Morgan fingerprint density at radius 1 is 1.16 bits per heavy atom. The van der Waals surface area contributed by atoms with Gasteiger partial charge in [0.2, 0.25) is 5.91 Å². The van der Waals surface area contributed by atoms with Crippen molar-refractivity contribution < 1.29 is 26.9 Å². The summed E-state index contributed by atoms with van der Waals surface area (Å²) in [5.74, 6) is -1.69. The van der Waals surface area contributed by atoms with Gasteiger partial charge in [-0.05, 0) is 47.9 Å². The minimum Gasteiger partial charge on any atom is -0.507 e. The van der Waals surface area contributed by atoms with Gasteiger partial charge in [-0.25, -0.2) is 9.18 Å². The summed E-state index contributed by atoms with van der Waals surface area (Å²) < 4.78 is 26.2. The molecule has 2 atom stereocenters. The van der Waals surface area contributed by atoms with Gasteiger partial charge in [0.05, 0.1) is 20.5 Å². The first-order valence-electron chi connectivity index (χ1n) is 13.1. The Morgan fingerprint density at radius 2 is 1.93 bits per heavy atom. The maximum Gasteiger partial charge on any atom is 0.321 e. The fraction of sp³-hybridized carbons (Fsp3) is 0.161. The third-order valence-corrected chi connectivity index (χ3v) is 13.3. The van der Waals surface area contributed by atoms with Crippen LogP contribution in [0.5, 0.6) is 5.75 Å². The Hall–Kier alpha value is -3.79. The SMILES string of the molecule is C=I1=C(c2ccc(C3(C)C(=O)NC(=O)NC3CN3Cc4ccc(OI)c(F)c4C3=O)cc2)C(O)=CC=C1c1cccnc1. The number of amides is 4. The largest absolute Gasteiger partial charge is 0.507 e. The number of rotatable bonds is 6. The normalized spacial score (nSPS) is 22.0. The molecule has 0 saturated carbocycles. The molecule has 3 aromatic rings. The monoisotopic (exact) mass is 806 g/mol. The maximum atomic E-state index is 14.9. The lowest BCUT2D eigenvalue weighted by Crippen LogP contribution is -2.68. The van der Waals surface area contributed by atoms with E-state index in [4.69, 9.17) is 3.07 Å². The molecule has 1 saturated heterocycles. The summed E-state index contributed by atoms with van der Waals surface area (Å²) in [7, 11) is 0. The molecule has 4 heterocycles. The summed E-state index contributed by atoms with van der Waals surface area (Å²) in [6, 6.07) is 12.7. The van der Waals surface area contributed by atoms with Crippen molar-refractivity contribution in [1.29, 1.82) is 0 Å². The van der Waals surface area contributed by atoms with Crippen LogP contribution in [0, 0.1) is 5.82 Å². The lowest BCUT2D eigenvalue weighted by Gasteiger charge is -2.42. The van der Waals surface area contributed by atoms with Gasteiger partial charge < -0.3 is 18.4 Å². The van der Waals surface area contributed by atoms with Crippen molar-refractivity contribution in [3.63, 3.8) is 0 Å². The van der Waals surface area contributed by atoms with Gasteiger partial charge in [-0.15, -0.1) is 18.9 Å². The first kappa shape index (κ1) is 29.3. The van der Waals surface area contributed by atoms with Crippen LogP contribution in [-0.2, 0) is 16.8 Å². The predicted molar refractivity (Wildman–Crippen MR) is 178 cm³/mol. The lowest BCUT2D eigenvalue weighted by atomic mass is 9.73. The van der Waals surface area contributed by atoms with Gasteiger partial charge in [0.1, 0.15) is 5.76 Å². The van der Waals surface area contributed by atoms with E-state index in [9.17, 15) is 23.9 Å². The highest BCUT2D eigenvalue weighted by Gasteiger charge is 2.49. The topological polar surface area (TPSA) is 121 Å². The van der Waals surface area contributed by atoms with Crippen LogP contribution in [0.15, 0.2) is 78.8 Å². The van der Waals surface area contributed by atoms with Crippen LogP contribution >= 0.6 is 41.9 Å². The first-order chi connectivity index (χ1) is 20.6. The summed E-state index contributed by atoms with van der Waals surface area (Å²) in [6.07, 6.45) is 7.04. The number of carbonyl (C=O) groups is 3. The van der Waals surface area contributed by atoms with Crippen molar-refractivity contribution in [2.75, 3.05) is 6.54 Å². The summed E-state index contributed by atoms with van der Waals surface area (Å²) >= 11 is -0.712. The highest BCUT2D eigenvalue weighted by Crippen LogP contribution is 2.40. The van der Waals surface area contributed by atoms with Crippen molar-refractivity contribution in [2.24, 2.45) is 0 Å². The molecule has 9 nitrogen and oxygen atoms in total. The van der Waals surface area contributed by atoms with Gasteiger partial charge in [-0.3, -0.25) is 19.9 Å². The van der Waals surface area contributed by atoms with Crippen molar-refractivity contribution in [3.05, 3.63) is 112 Å². The standard InChI is InChI=1S/C31H25FI2N4O5/c1-31(20-8-5-17(6-9-20)27-22(39)11-10-21(34(27)2)18-4-3-13-35-14-18)24(36-30(42)37-29(31)41)16-38-15-19-7-12-23(43-33)26(32)25(19)28(38)40/h3-14,24,39H,2,15-16H2,1H3,(H2,36,37,41,42). The molecule has 0 aliphatic carbocycles. The molecule has 2 unspecified atom stereocenters. The number of nitrogens with one attached hydrogen (secondary N) is 2. The van der Waals surface area contributed by atoms with Crippen LogP contribution in [0.25, 0.3) is 3.58 Å². The number of aliphatic hydroxyl groups excluding tert-OH is 1. The van der Waals surface area contributed by atoms with Crippen LogP contribution in [-0.4, -0.2) is 53.4 Å². The third kappa shape index (κ3) is 4.99. The van der Waals surface area contributed by atoms with E-state index in [1.165, 1.54) is 11.0 Å². The molecule has 2 aromatic carbocycles. The van der Waals surface area contributed by atoms with Gasteiger partial charge in [0, 0.05) is 34.6 Å². The molecular formula is C31H25FI2N4O5. The molecule has 3 aliphatic heterocycles. The van der Waals surface area contributed by atoms with Gasteiger partial charge in [0.15, 0.2) is 34.6 Å². The number of benzene rings is 2. The van der Waals surface area contributed by atoms with Crippen LogP contribution in [0.1, 0.15) is 39.5 Å². The van der Waals surface area contributed by atoms with Gasteiger partial charge in [-0.2, -0.15) is 0 Å². The minimum atomic E-state index is -2.27. The molecule has 0 bridgehead atoms. The van der Waals surface area contributed by atoms with E-state index >= 15 is 0 Å². The molecule has 1 aromatic heterocycles. The summed E-state index contributed by atoms with van der Waals surface area (Å²) in [6.45, 7) is 1.80. The van der Waals surface area contributed by atoms with E-state index in [1.807, 2.05) is 30.3 Å². The molecule has 6 rings (SSSR count). The van der Waals surface area contributed by atoms with E-state index in [0.717, 1.165) is 18.2 Å². The molecular weight excluding hydrogens is 781 g/mol. The van der Waals surface area contributed by atoms with Crippen LogP contribution < -0.4 is 13.7 Å². The van der Waals surface area contributed by atoms with E-state index in [1.54, 1.807) is 66.6 Å².